The summed E-state index contributed by atoms with van der Waals surface area (Å²) in [5, 5.41) is 17.8. The topological polar surface area (TPSA) is 93.1 Å². The molecule has 2 N–H and O–H groups in total. The summed E-state index contributed by atoms with van der Waals surface area (Å²) in [6.07, 6.45) is 0.578. The minimum Gasteiger partial charge on any atom is -0.493 e. The molecule has 0 aliphatic carbocycles. The molecule has 0 aliphatic heterocycles. The van der Waals surface area contributed by atoms with Crippen molar-refractivity contribution in [3.05, 3.63) is 59.7 Å². The van der Waals surface area contributed by atoms with Crippen LogP contribution in [0.2, 0.25) is 0 Å². The summed E-state index contributed by atoms with van der Waals surface area (Å²) in [6, 6.07) is 12.5. The number of carboxylic acid groups (broad SMARTS) is 2. The van der Waals surface area contributed by atoms with Crippen molar-refractivity contribution >= 4 is 11.9 Å². The molecule has 0 radical (unpaired) electrons. The van der Waals surface area contributed by atoms with E-state index in [9.17, 15) is 9.59 Å². The molecule has 0 amide bonds. The lowest BCUT2D eigenvalue weighted by atomic mass is 10.2. The average molecular weight is 316 g/mol. The molecule has 6 nitrogen and oxygen atoms in total. The molecule has 0 bridgehead atoms. The van der Waals surface area contributed by atoms with E-state index in [2.05, 4.69) is 0 Å². The van der Waals surface area contributed by atoms with Crippen LogP contribution in [0.5, 0.6) is 11.5 Å². The Bertz CT molecular complexity index is 635. The molecule has 0 unspecified atom stereocenters. The second-order valence-electron chi connectivity index (χ2n) is 4.72. The molecule has 6 heteroatoms. The third-order valence-electron chi connectivity index (χ3n) is 2.99. The van der Waals surface area contributed by atoms with Gasteiger partial charge in [0.25, 0.3) is 0 Å². The Hall–Kier alpha value is -3.02. The van der Waals surface area contributed by atoms with Crippen LogP contribution in [0, 0.1) is 0 Å². The first-order valence-electron chi connectivity index (χ1n) is 6.98. The van der Waals surface area contributed by atoms with Crippen LogP contribution < -0.4 is 9.47 Å². The zero-order valence-electron chi connectivity index (χ0n) is 12.3. The Balaban J connectivity index is 1.76. The number of hydrogen-bond donors (Lipinski definition) is 2. The molecule has 2 aromatic carbocycles. The number of rotatable bonds is 8. The molecule has 120 valence electrons. The van der Waals surface area contributed by atoms with Gasteiger partial charge in [-0.25, -0.2) is 9.59 Å². The van der Waals surface area contributed by atoms with Crippen LogP contribution in [-0.4, -0.2) is 35.4 Å². The van der Waals surface area contributed by atoms with Gasteiger partial charge in [0.2, 0.25) is 0 Å². The highest BCUT2D eigenvalue weighted by Gasteiger charge is 2.05. The van der Waals surface area contributed by atoms with E-state index in [0.717, 1.165) is 0 Å². The standard InChI is InChI=1S/C17H16O6/c18-16(19)12-4-1-6-14(10-12)22-8-3-9-23-15-7-2-5-13(11-15)17(20)21/h1-2,4-7,10-11H,3,8-9H2,(H,18,19)(H,20,21). The summed E-state index contributed by atoms with van der Waals surface area (Å²) in [5.74, 6) is -1.04. The molecular weight excluding hydrogens is 300 g/mol. The van der Waals surface area contributed by atoms with Crippen LogP contribution in [-0.2, 0) is 0 Å². The highest BCUT2D eigenvalue weighted by Crippen LogP contribution is 2.15. The monoisotopic (exact) mass is 316 g/mol. The first kappa shape index (κ1) is 16.4. The summed E-state index contributed by atoms with van der Waals surface area (Å²) in [5.41, 5.74) is 0.341. The molecule has 0 saturated heterocycles. The zero-order valence-corrected chi connectivity index (χ0v) is 12.3. The van der Waals surface area contributed by atoms with Gasteiger partial charge < -0.3 is 19.7 Å². The second-order valence-corrected chi connectivity index (χ2v) is 4.72. The fourth-order valence-electron chi connectivity index (χ4n) is 1.88. The number of aromatic carboxylic acids is 2. The van der Waals surface area contributed by atoms with Crippen LogP contribution in [0.3, 0.4) is 0 Å². The van der Waals surface area contributed by atoms with Gasteiger partial charge in [0, 0.05) is 6.42 Å². The van der Waals surface area contributed by atoms with Gasteiger partial charge in [-0.2, -0.15) is 0 Å². The largest absolute Gasteiger partial charge is 0.493 e. The van der Waals surface area contributed by atoms with Crippen molar-refractivity contribution in [2.24, 2.45) is 0 Å². The van der Waals surface area contributed by atoms with Gasteiger partial charge >= 0.3 is 11.9 Å². The maximum atomic E-state index is 10.8. The Morgan fingerprint density at radius 2 is 1.22 bits per heavy atom. The lowest BCUT2D eigenvalue weighted by Crippen LogP contribution is -2.06. The van der Waals surface area contributed by atoms with Gasteiger partial charge in [-0.1, -0.05) is 12.1 Å². The van der Waals surface area contributed by atoms with Crippen molar-refractivity contribution < 1.29 is 29.3 Å². The maximum Gasteiger partial charge on any atom is 0.335 e. The summed E-state index contributed by atoms with van der Waals surface area (Å²) in [6.45, 7) is 0.726. The lowest BCUT2D eigenvalue weighted by Gasteiger charge is -2.09. The smallest absolute Gasteiger partial charge is 0.335 e. The average Bonchev–Trinajstić information content (AvgIpc) is 2.55. The molecule has 0 aromatic heterocycles. The summed E-state index contributed by atoms with van der Waals surface area (Å²) in [7, 11) is 0. The van der Waals surface area contributed by atoms with Crippen LogP contribution in [0.4, 0.5) is 0 Å². The Morgan fingerprint density at radius 3 is 1.61 bits per heavy atom. The molecule has 0 heterocycles. The normalized spacial score (nSPS) is 10.1. The van der Waals surface area contributed by atoms with E-state index >= 15 is 0 Å². The fourth-order valence-corrected chi connectivity index (χ4v) is 1.88. The van der Waals surface area contributed by atoms with E-state index in [1.54, 1.807) is 24.3 Å². The number of hydrogen-bond acceptors (Lipinski definition) is 4. The van der Waals surface area contributed by atoms with E-state index < -0.39 is 11.9 Å². The minimum atomic E-state index is -1.00. The third kappa shape index (κ3) is 5.03. The number of carboxylic acids is 2. The Labute approximate surface area is 132 Å². The first-order chi connectivity index (χ1) is 11.1. The van der Waals surface area contributed by atoms with Crippen LogP contribution in [0.15, 0.2) is 48.5 Å². The van der Waals surface area contributed by atoms with Crippen molar-refractivity contribution in [2.45, 2.75) is 6.42 Å². The van der Waals surface area contributed by atoms with Gasteiger partial charge in [-0.3, -0.25) is 0 Å². The van der Waals surface area contributed by atoms with E-state index in [0.29, 0.717) is 31.1 Å². The van der Waals surface area contributed by atoms with E-state index in [4.69, 9.17) is 19.7 Å². The lowest BCUT2D eigenvalue weighted by molar-refractivity contribution is 0.0685. The molecule has 23 heavy (non-hydrogen) atoms. The van der Waals surface area contributed by atoms with Gasteiger partial charge in [0.05, 0.1) is 24.3 Å². The highest BCUT2D eigenvalue weighted by molar-refractivity contribution is 5.88. The Kier molecular flexibility index (Phi) is 5.57. The van der Waals surface area contributed by atoms with Crippen LogP contribution in [0.25, 0.3) is 0 Å². The minimum absolute atomic E-state index is 0.171. The SMILES string of the molecule is O=C(O)c1cccc(OCCCOc2cccc(C(=O)O)c2)c1. The molecule has 2 rings (SSSR count). The van der Waals surface area contributed by atoms with Crippen molar-refractivity contribution in [3.8, 4) is 11.5 Å². The van der Waals surface area contributed by atoms with Crippen LogP contribution >= 0.6 is 0 Å². The number of carbonyl (C=O) groups is 2. The number of benzene rings is 2. The quantitative estimate of drug-likeness (QED) is 0.727. The van der Waals surface area contributed by atoms with E-state index in [-0.39, 0.29) is 11.1 Å². The van der Waals surface area contributed by atoms with Crippen LogP contribution in [0.1, 0.15) is 27.1 Å². The molecule has 0 fully saturated rings. The van der Waals surface area contributed by atoms with E-state index in [1.807, 2.05) is 0 Å². The number of ether oxygens (including phenoxy) is 2. The molecule has 0 spiro atoms. The fraction of sp³-hybridized carbons (Fsp3) is 0.176. The third-order valence-corrected chi connectivity index (χ3v) is 2.99. The Morgan fingerprint density at radius 1 is 0.783 bits per heavy atom. The molecule has 0 aliphatic rings. The van der Waals surface area contributed by atoms with Gasteiger partial charge in [-0.05, 0) is 36.4 Å². The van der Waals surface area contributed by atoms with Gasteiger partial charge in [0.15, 0.2) is 0 Å². The first-order valence-corrected chi connectivity index (χ1v) is 6.98. The summed E-state index contributed by atoms with van der Waals surface area (Å²) >= 11 is 0. The van der Waals surface area contributed by atoms with Crippen molar-refractivity contribution in [3.63, 3.8) is 0 Å². The predicted molar refractivity (Wildman–Crippen MR) is 82.4 cm³/mol. The second kappa shape index (κ2) is 7.84. The van der Waals surface area contributed by atoms with E-state index in [1.165, 1.54) is 24.3 Å². The highest BCUT2D eigenvalue weighted by atomic mass is 16.5. The molecule has 0 saturated carbocycles. The predicted octanol–water partition coefficient (Wildman–Crippen LogP) is 2.93. The zero-order chi connectivity index (χ0) is 16.7. The molecule has 0 atom stereocenters. The summed E-state index contributed by atoms with van der Waals surface area (Å²) in [4.78, 5) is 21.7. The molecular formula is C17H16O6. The van der Waals surface area contributed by atoms with Gasteiger partial charge in [0.1, 0.15) is 11.5 Å². The maximum absolute atomic E-state index is 10.8. The molecule has 2 aromatic rings. The van der Waals surface area contributed by atoms with Crippen molar-refractivity contribution in [1.29, 1.82) is 0 Å². The van der Waals surface area contributed by atoms with Gasteiger partial charge in [-0.15, -0.1) is 0 Å². The van der Waals surface area contributed by atoms with Crippen molar-refractivity contribution in [1.82, 2.24) is 0 Å². The summed E-state index contributed by atoms with van der Waals surface area (Å²) < 4.78 is 10.9. The van der Waals surface area contributed by atoms with Crippen molar-refractivity contribution in [2.75, 3.05) is 13.2 Å².